The minimum Gasteiger partial charge on any atom is -0.321 e. The first kappa shape index (κ1) is 13.3. The van der Waals surface area contributed by atoms with Gasteiger partial charge >= 0.3 is 5.69 Å². The van der Waals surface area contributed by atoms with E-state index in [0.29, 0.717) is 22.0 Å². The molecule has 0 aliphatic heterocycles. The maximum Gasteiger partial charge on any atom is 0.332 e. The normalized spacial score (nSPS) is 11.0. The Morgan fingerprint density at radius 3 is 2.48 bits per heavy atom. The molecule has 0 atom stereocenters. The van der Waals surface area contributed by atoms with Gasteiger partial charge in [0.2, 0.25) is 5.00 Å². The molecular weight excluding hydrogens is 290 g/mol. The number of aryl methyl sites for hydroxylation is 2. The summed E-state index contributed by atoms with van der Waals surface area (Å²) in [5, 5.41) is 0.554. The van der Waals surface area contributed by atoms with Gasteiger partial charge in [0.25, 0.3) is 5.56 Å². The second kappa shape index (κ2) is 4.43. The second-order valence-corrected chi connectivity index (χ2v) is 5.68. The fourth-order valence-corrected chi connectivity index (χ4v) is 3.06. The van der Waals surface area contributed by atoms with Gasteiger partial charge in [-0.25, -0.2) is 14.6 Å². The Hall–Kier alpha value is -2.66. The van der Waals surface area contributed by atoms with Crippen LogP contribution in [-0.4, -0.2) is 18.7 Å². The minimum atomic E-state index is -0.412. The number of aromatic nitrogens is 4. The summed E-state index contributed by atoms with van der Waals surface area (Å²) in [6.45, 7) is 7.01. The second-order valence-electron chi connectivity index (χ2n) is 4.62. The molecular formula is C13H11N5O2S. The molecule has 0 aliphatic carbocycles. The molecule has 0 spiro atoms. The molecule has 0 N–H and O–H groups in total. The summed E-state index contributed by atoms with van der Waals surface area (Å²) >= 11 is 1.30. The molecule has 8 heteroatoms. The number of fused-ring (bicyclic) bond motifs is 1. The van der Waals surface area contributed by atoms with Crippen LogP contribution in [0, 0.1) is 6.57 Å². The van der Waals surface area contributed by atoms with Gasteiger partial charge < -0.3 is 4.57 Å². The van der Waals surface area contributed by atoms with Gasteiger partial charge in [-0.05, 0) is 6.07 Å². The molecule has 0 radical (unpaired) electrons. The van der Waals surface area contributed by atoms with E-state index in [4.69, 9.17) is 6.57 Å². The predicted molar refractivity (Wildman–Crippen MR) is 80.8 cm³/mol. The molecule has 7 nitrogen and oxygen atoms in total. The van der Waals surface area contributed by atoms with Gasteiger partial charge in [-0.2, -0.15) is 11.3 Å². The van der Waals surface area contributed by atoms with Crippen molar-refractivity contribution >= 4 is 27.5 Å². The zero-order valence-electron chi connectivity index (χ0n) is 11.6. The van der Waals surface area contributed by atoms with Crippen LogP contribution in [0.1, 0.15) is 0 Å². The van der Waals surface area contributed by atoms with Crippen LogP contribution >= 0.6 is 11.3 Å². The van der Waals surface area contributed by atoms with Crippen molar-refractivity contribution in [1.29, 1.82) is 0 Å². The van der Waals surface area contributed by atoms with Crippen LogP contribution in [-0.2, 0) is 21.1 Å². The third-order valence-corrected chi connectivity index (χ3v) is 4.37. The van der Waals surface area contributed by atoms with E-state index in [9.17, 15) is 9.59 Å². The Labute approximate surface area is 123 Å². The van der Waals surface area contributed by atoms with Crippen LogP contribution in [0.15, 0.2) is 21.7 Å². The van der Waals surface area contributed by atoms with Crippen LogP contribution in [0.5, 0.6) is 0 Å². The highest BCUT2D eigenvalue weighted by molar-refractivity contribution is 7.19. The Balaban J connectivity index is 2.43. The van der Waals surface area contributed by atoms with Crippen molar-refractivity contribution in [1.82, 2.24) is 18.7 Å². The summed E-state index contributed by atoms with van der Waals surface area (Å²) in [7, 11) is 4.76. The number of nitrogens with zero attached hydrogens (tertiary/aromatic N) is 5. The lowest BCUT2D eigenvalue weighted by atomic mass is 10.4. The smallest absolute Gasteiger partial charge is 0.321 e. The Kier molecular flexibility index (Phi) is 2.81. The molecule has 106 valence electrons. The lowest BCUT2D eigenvalue weighted by Crippen LogP contribution is -2.37. The maximum absolute atomic E-state index is 12.3. The van der Waals surface area contributed by atoms with Crippen LogP contribution in [0.25, 0.3) is 26.7 Å². The molecule has 0 saturated carbocycles. The average molecular weight is 301 g/mol. The minimum absolute atomic E-state index is 0.346. The van der Waals surface area contributed by atoms with Crippen LogP contribution in [0.2, 0.25) is 0 Å². The van der Waals surface area contributed by atoms with E-state index < -0.39 is 5.69 Å². The van der Waals surface area contributed by atoms with E-state index in [1.165, 1.54) is 23.0 Å². The molecule has 0 unspecified atom stereocenters. The van der Waals surface area contributed by atoms with E-state index in [0.717, 1.165) is 9.44 Å². The molecule has 3 aromatic heterocycles. The average Bonchev–Trinajstić information content (AvgIpc) is 3.07. The molecule has 0 aromatic carbocycles. The highest BCUT2D eigenvalue weighted by Gasteiger charge is 2.18. The van der Waals surface area contributed by atoms with Crippen molar-refractivity contribution in [2.45, 2.75) is 0 Å². The summed E-state index contributed by atoms with van der Waals surface area (Å²) in [5.74, 6) is 0.572. The van der Waals surface area contributed by atoms with Crippen LogP contribution in [0.3, 0.4) is 0 Å². The number of thiophene rings is 1. The molecule has 0 amide bonds. The first-order valence-electron chi connectivity index (χ1n) is 6.05. The molecule has 3 heterocycles. The van der Waals surface area contributed by atoms with Gasteiger partial charge in [0, 0.05) is 21.1 Å². The Morgan fingerprint density at radius 1 is 1.14 bits per heavy atom. The third-order valence-electron chi connectivity index (χ3n) is 3.40. The number of hydrogen-bond acceptors (Lipinski definition) is 4. The molecule has 3 aromatic rings. The Bertz CT molecular complexity index is 1030. The van der Waals surface area contributed by atoms with Crippen LogP contribution < -0.4 is 11.2 Å². The largest absolute Gasteiger partial charge is 0.332 e. The fraction of sp³-hybridized carbons (Fsp3) is 0.231. The molecule has 0 fully saturated rings. The summed E-state index contributed by atoms with van der Waals surface area (Å²) < 4.78 is 4.08. The van der Waals surface area contributed by atoms with E-state index in [2.05, 4.69) is 9.83 Å². The lowest BCUT2D eigenvalue weighted by Gasteiger charge is -2.03. The van der Waals surface area contributed by atoms with Crippen LogP contribution in [0.4, 0.5) is 5.00 Å². The van der Waals surface area contributed by atoms with Crippen molar-refractivity contribution in [2.75, 3.05) is 0 Å². The van der Waals surface area contributed by atoms with Gasteiger partial charge in [0.1, 0.15) is 0 Å². The van der Waals surface area contributed by atoms with Gasteiger partial charge in [-0.1, -0.05) is 6.07 Å². The van der Waals surface area contributed by atoms with E-state index >= 15 is 0 Å². The molecule has 0 aliphatic rings. The summed E-state index contributed by atoms with van der Waals surface area (Å²) in [4.78, 5) is 32.8. The van der Waals surface area contributed by atoms with Crippen molar-refractivity contribution in [3.8, 4) is 10.7 Å². The monoisotopic (exact) mass is 301 g/mol. The fourth-order valence-electron chi connectivity index (χ4n) is 2.25. The van der Waals surface area contributed by atoms with Crippen molar-refractivity contribution in [3.05, 3.63) is 44.4 Å². The highest BCUT2D eigenvalue weighted by Crippen LogP contribution is 2.33. The quantitative estimate of drug-likeness (QED) is 0.635. The summed E-state index contributed by atoms with van der Waals surface area (Å²) in [6, 6.07) is 3.51. The van der Waals surface area contributed by atoms with Gasteiger partial charge in [0.15, 0.2) is 17.0 Å². The maximum atomic E-state index is 12.3. The topological polar surface area (TPSA) is 66.2 Å². The Morgan fingerprint density at radius 2 is 1.86 bits per heavy atom. The van der Waals surface area contributed by atoms with Gasteiger partial charge in [0.05, 0.1) is 11.4 Å². The number of rotatable bonds is 1. The zero-order valence-corrected chi connectivity index (χ0v) is 12.4. The van der Waals surface area contributed by atoms with Crippen molar-refractivity contribution in [3.63, 3.8) is 0 Å². The molecule has 21 heavy (non-hydrogen) atoms. The van der Waals surface area contributed by atoms with Gasteiger partial charge in [-0.15, -0.1) is 0 Å². The molecule has 0 bridgehead atoms. The number of imidazole rings is 1. The summed E-state index contributed by atoms with van der Waals surface area (Å²) in [6.07, 6.45) is 0. The van der Waals surface area contributed by atoms with E-state index in [1.54, 1.807) is 30.8 Å². The summed E-state index contributed by atoms with van der Waals surface area (Å²) in [5.41, 5.74) is -0.0767. The van der Waals surface area contributed by atoms with E-state index in [-0.39, 0.29) is 5.56 Å². The molecule has 0 saturated heterocycles. The highest BCUT2D eigenvalue weighted by atomic mass is 32.1. The lowest BCUT2D eigenvalue weighted by molar-refractivity contribution is 0.705. The van der Waals surface area contributed by atoms with Crippen molar-refractivity contribution < 1.29 is 0 Å². The zero-order chi connectivity index (χ0) is 15.3. The first-order valence-corrected chi connectivity index (χ1v) is 6.87. The first-order chi connectivity index (χ1) is 9.95. The standard InChI is InChI=1S/C13H11N5O2S/c1-14-8-6-5-7(21-8)10-15-11-9(16(10)2)12(19)18(4)13(20)17(11)3/h5-6H,2-4H3. The van der Waals surface area contributed by atoms with Gasteiger partial charge in [-0.3, -0.25) is 13.9 Å². The third kappa shape index (κ3) is 1.75. The molecule has 3 rings (SSSR count). The number of hydrogen-bond donors (Lipinski definition) is 0. The SMILES string of the molecule is [C-]#[N+]c1ccc(-c2nc3c(c(=O)n(C)c(=O)n3C)n2C)s1. The van der Waals surface area contributed by atoms with Crippen molar-refractivity contribution in [2.24, 2.45) is 21.1 Å². The van der Waals surface area contributed by atoms with E-state index in [1.807, 2.05) is 0 Å². The predicted octanol–water partition coefficient (Wildman–Crippen LogP) is 1.25.